The van der Waals surface area contributed by atoms with Crippen LogP contribution >= 0.6 is 0 Å². The van der Waals surface area contributed by atoms with Gasteiger partial charge in [-0.15, -0.1) is 0 Å². The van der Waals surface area contributed by atoms with E-state index >= 15 is 0 Å². The van der Waals surface area contributed by atoms with Crippen LogP contribution in [0.2, 0.25) is 0 Å². The fourth-order valence-electron chi connectivity index (χ4n) is 3.93. The number of methoxy groups -OCH3 is 1. The number of carbonyl (C=O) groups is 2. The molecule has 2 aliphatic rings. The molecule has 0 unspecified atom stereocenters. The fourth-order valence-corrected chi connectivity index (χ4v) is 3.93. The fraction of sp³-hybridized carbons (Fsp3) is 0.889. The van der Waals surface area contributed by atoms with E-state index < -0.39 is 5.41 Å². The summed E-state index contributed by atoms with van der Waals surface area (Å²) in [6, 6.07) is -0.103. The van der Waals surface area contributed by atoms with Crippen LogP contribution in [0.5, 0.6) is 0 Å². The lowest BCUT2D eigenvalue weighted by Gasteiger charge is -2.31. The second kappa shape index (κ2) is 6.90. The van der Waals surface area contributed by atoms with Crippen molar-refractivity contribution in [1.82, 2.24) is 10.2 Å². The third kappa shape index (κ3) is 3.68. The Labute approximate surface area is 145 Å². The van der Waals surface area contributed by atoms with E-state index in [4.69, 9.17) is 9.47 Å². The lowest BCUT2D eigenvalue weighted by Crippen LogP contribution is -2.44. The van der Waals surface area contributed by atoms with Gasteiger partial charge in [-0.2, -0.15) is 0 Å². The van der Waals surface area contributed by atoms with Crippen LogP contribution in [0.15, 0.2) is 0 Å². The lowest BCUT2D eigenvalue weighted by molar-refractivity contribution is -0.152. The highest BCUT2D eigenvalue weighted by atomic mass is 16.5. The summed E-state index contributed by atoms with van der Waals surface area (Å²) in [5.74, 6) is 0.163. The number of rotatable bonds is 3. The molecular weight excluding hydrogens is 308 g/mol. The zero-order chi connectivity index (χ0) is 18.1. The molecule has 24 heavy (non-hydrogen) atoms. The summed E-state index contributed by atoms with van der Waals surface area (Å²) in [6.45, 7) is 12.7. The highest BCUT2D eigenvalue weighted by Gasteiger charge is 2.48. The van der Waals surface area contributed by atoms with Crippen LogP contribution in [0, 0.1) is 22.7 Å². The molecule has 0 radical (unpaired) electrons. The molecule has 2 heterocycles. The molecule has 2 fully saturated rings. The molecular formula is C18H32N2O4. The number of nitrogens with zero attached hydrogens (tertiary/aromatic N) is 1. The second-order valence-electron chi connectivity index (χ2n) is 8.58. The Bertz CT molecular complexity index is 488. The van der Waals surface area contributed by atoms with E-state index in [-0.39, 0.29) is 29.4 Å². The number of ether oxygens (including phenoxy) is 2. The average Bonchev–Trinajstić information content (AvgIpc) is 3.09. The molecule has 0 saturated carbocycles. The molecule has 1 N–H and O–H groups in total. The van der Waals surface area contributed by atoms with Gasteiger partial charge < -0.3 is 19.7 Å². The Kier molecular flexibility index (Phi) is 5.47. The molecule has 0 spiro atoms. The van der Waals surface area contributed by atoms with E-state index in [1.165, 1.54) is 7.11 Å². The van der Waals surface area contributed by atoms with Crippen LogP contribution in [0.1, 0.15) is 41.0 Å². The van der Waals surface area contributed by atoms with Gasteiger partial charge in [0.2, 0.25) is 0 Å². The van der Waals surface area contributed by atoms with Crippen LogP contribution < -0.4 is 5.32 Å². The standard InChI is InChI=1S/C18H32N2O4/c1-12-10-20(11-18(12,5)15(21)23-6)16(22)19-9-13-7-8-24-14(13)17(2,3)4/h12-14H,7-11H2,1-6H3,(H,19,22)/t12-,13-,14+,18-/m1/s1. The van der Waals surface area contributed by atoms with Crippen LogP contribution in [0.3, 0.4) is 0 Å². The number of hydrogen-bond acceptors (Lipinski definition) is 4. The maximum atomic E-state index is 12.5. The Morgan fingerprint density at radius 2 is 2.04 bits per heavy atom. The monoisotopic (exact) mass is 340 g/mol. The topological polar surface area (TPSA) is 67.9 Å². The highest BCUT2D eigenvalue weighted by molar-refractivity contribution is 5.81. The Morgan fingerprint density at radius 3 is 2.62 bits per heavy atom. The SMILES string of the molecule is COC(=O)[C@]1(C)CN(C(=O)NC[C@H]2CCO[C@@H]2C(C)(C)C)C[C@H]1C. The molecule has 2 aliphatic heterocycles. The minimum absolute atomic E-state index is 0.0670. The molecule has 138 valence electrons. The van der Waals surface area contributed by atoms with Crippen LogP contribution in [-0.2, 0) is 14.3 Å². The van der Waals surface area contributed by atoms with Gasteiger partial charge in [-0.25, -0.2) is 4.79 Å². The van der Waals surface area contributed by atoms with Gasteiger partial charge in [-0.3, -0.25) is 4.79 Å². The van der Waals surface area contributed by atoms with Crippen LogP contribution in [0.4, 0.5) is 4.79 Å². The number of esters is 1. The largest absolute Gasteiger partial charge is 0.469 e. The van der Waals surface area contributed by atoms with Gasteiger partial charge in [0.15, 0.2) is 0 Å². The smallest absolute Gasteiger partial charge is 0.317 e. The van der Waals surface area contributed by atoms with Gasteiger partial charge in [-0.1, -0.05) is 27.7 Å². The van der Waals surface area contributed by atoms with Gasteiger partial charge in [0.05, 0.1) is 18.6 Å². The third-order valence-corrected chi connectivity index (χ3v) is 5.62. The summed E-state index contributed by atoms with van der Waals surface area (Å²) in [7, 11) is 1.40. The molecule has 2 rings (SSSR count). The number of likely N-dealkylation sites (tertiary alicyclic amines) is 1. The number of hydrogen-bond donors (Lipinski definition) is 1. The van der Waals surface area contributed by atoms with Gasteiger partial charge in [0.1, 0.15) is 0 Å². The Hall–Kier alpha value is -1.30. The number of nitrogens with one attached hydrogen (secondary N) is 1. The van der Waals surface area contributed by atoms with E-state index in [1.807, 2.05) is 13.8 Å². The normalized spacial score (nSPS) is 33.6. The first kappa shape index (κ1) is 19.0. The molecule has 0 aromatic rings. The summed E-state index contributed by atoms with van der Waals surface area (Å²) in [4.78, 5) is 26.3. The Morgan fingerprint density at radius 1 is 1.38 bits per heavy atom. The minimum atomic E-state index is -0.628. The predicted octanol–water partition coefficient (Wildman–Crippen LogP) is 2.28. The van der Waals surface area contributed by atoms with Crippen molar-refractivity contribution in [3.8, 4) is 0 Å². The van der Waals surface area contributed by atoms with Crippen molar-refractivity contribution >= 4 is 12.0 Å². The van der Waals surface area contributed by atoms with Crippen molar-refractivity contribution in [2.45, 2.75) is 47.1 Å². The first-order valence-corrected chi connectivity index (χ1v) is 8.82. The predicted molar refractivity (Wildman–Crippen MR) is 91.6 cm³/mol. The zero-order valence-electron chi connectivity index (χ0n) is 15.8. The summed E-state index contributed by atoms with van der Waals surface area (Å²) >= 11 is 0. The van der Waals surface area contributed by atoms with E-state index in [9.17, 15) is 9.59 Å². The summed E-state index contributed by atoms with van der Waals surface area (Å²) in [5, 5.41) is 3.04. The Balaban J connectivity index is 1.91. The number of carbonyl (C=O) groups excluding carboxylic acids is 2. The maximum absolute atomic E-state index is 12.5. The molecule has 6 nitrogen and oxygen atoms in total. The van der Waals surface area contributed by atoms with Gasteiger partial charge in [0, 0.05) is 32.2 Å². The van der Waals surface area contributed by atoms with Crippen molar-refractivity contribution in [3.63, 3.8) is 0 Å². The zero-order valence-corrected chi connectivity index (χ0v) is 15.8. The molecule has 0 aromatic carbocycles. The van der Waals surface area contributed by atoms with Crippen LogP contribution in [0.25, 0.3) is 0 Å². The summed E-state index contributed by atoms with van der Waals surface area (Å²) in [6.07, 6.45) is 1.13. The third-order valence-electron chi connectivity index (χ3n) is 5.62. The molecule has 0 aliphatic carbocycles. The molecule has 4 atom stereocenters. The highest BCUT2D eigenvalue weighted by Crippen LogP contribution is 2.37. The van der Waals surface area contributed by atoms with E-state index in [0.29, 0.717) is 25.6 Å². The van der Waals surface area contributed by atoms with Crippen molar-refractivity contribution in [3.05, 3.63) is 0 Å². The molecule has 6 heteroatoms. The van der Waals surface area contributed by atoms with Crippen molar-refractivity contribution < 1.29 is 19.1 Å². The minimum Gasteiger partial charge on any atom is -0.469 e. The number of amides is 2. The summed E-state index contributed by atoms with van der Waals surface area (Å²) < 4.78 is 10.8. The molecule has 0 aromatic heterocycles. The second-order valence-corrected chi connectivity index (χ2v) is 8.58. The van der Waals surface area contributed by atoms with Gasteiger partial charge >= 0.3 is 12.0 Å². The van der Waals surface area contributed by atoms with Crippen molar-refractivity contribution in [1.29, 1.82) is 0 Å². The van der Waals surface area contributed by atoms with Gasteiger partial charge in [-0.05, 0) is 24.7 Å². The van der Waals surface area contributed by atoms with Crippen molar-refractivity contribution in [2.24, 2.45) is 22.7 Å². The first-order chi connectivity index (χ1) is 11.1. The van der Waals surface area contributed by atoms with Gasteiger partial charge in [0.25, 0.3) is 0 Å². The molecule has 2 saturated heterocycles. The first-order valence-electron chi connectivity index (χ1n) is 8.82. The lowest BCUT2D eigenvalue weighted by atomic mass is 9.81. The van der Waals surface area contributed by atoms with E-state index in [1.54, 1.807) is 4.90 Å². The van der Waals surface area contributed by atoms with E-state index in [2.05, 4.69) is 26.1 Å². The quantitative estimate of drug-likeness (QED) is 0.801. The average molecular weight is 340 g/mol. The van der Waals surface area contributed by atoms with Crippen molar-refractivity contribution in [2.75, 3.05) is 33.4 Å². The summed E-state index contributed by atoms with van der Waals surface area (Å²) in [5.41, 5.74) is -0.561. The van der Waals surface area contributed by atoms with Crippen LogP contribution in [-0.4, -0.2) is 56.4 Å². The molecule has 0 bridgehead atoms. The number of urea groups is 1. The maximum Gasteiger partial charge on any atom is 0.317 e. The molecule has 2 amide bonds. The van der Waals surface area contributed by atoms with E-state index in [0.717, 1.165) is 13.0 Å².